The van der Waals surface area contributed by atoms with Crippen LogP contribution in [-0.4, -0.2) is 33.3 Å². The van der Waals surface area contributed by atoms with Crippen LogP contribution in [0.4, 0.5) is 4.39 Å². The number of carbonyl (C=O) groups is 2. The van der Waals surface area contributed by atoms with Gasteiger partial charge < -0.3 is 10.4 Å². The van der Waals surface area contributed by atoms with Crippen molar-refractivity contribution in [2.24, 2.45) is 5.92 Å². The Morgan fingerprint density at radius 1 is 1.38 bits per heavy atom. The summed E-state index contributed by atoms with van der Waals surface area (Å²) in [5.74, 6) is -1.79. The molecule has 1 heterocycles. The Kier molecular flexibility index (Phi) is 5.06. The van der Waals surface area contributed by atoms with Crippen molar-refractivity contribution in [3.05, 3.63) is 46.5 Å². The molecule has 0 saturated carbocycles. The van der Waals surface area contributed by atoms with Crippen LogP contribution >= 0.6 is 0 Å². The molecule has 0 fully saturated rings. The first-order valence-electron chi connectivity index (χ1n) is 8.74. The van der Waals surface area contributed by atoms with Crippen molar-refractivity contribution in [1.82, 2.24) is 15.1 Å². The zero-order chi connectivity index (χ0) is 18.8. The topological polar surface area (TPSA) is 84.2 Å². The van der Waals surface area contributed by atoms with E-state index in [2.05, 4.69) is 10.4 Å². The molecule has 6 nitrogen and oxygen atoms in total. The van der Waals surface area contributed by atoms with Crippen molar-refractivity contribution in [3.63, 3.8) is 0 Å². The minimum absolute atomic E-state index is 0.0126. The van der Waals surface area contributed by atoms with Gasteiger partial charge in [0.15, 0.2) is 5.69 Å². The second-order valence-electron chi connectivity index (χ2n) is 6.86. The molecule has 1 amide bonds. The van der Waals surface area contributed by atoms with Crippen LogP contribution in [-0.2, 0) is 17.6 Å². The Balaban J connectivity index is 1.88. The molecule has 0 spiro atoms. The third-order valence-corrected chi connectivity index (χ3v) is 4.68. The molecule has 1 aliphatic carbocycles. The number of amides is 1. The van der Waals surface area contributed by atoms with Crippen molar-refractivity contribution in [1.29, 1.82) is 0 Å². The molecule has 26 heavy (non-hydrogen) atoms. The van der Waals surface area contributed by atoms with Gasteiger partial charge in [0.2, 0.25) is 0 Å². The highest BCUT2D eigenvalue weighted by Crippen LogP contribution is 2.30. The highest BCUT2D eigenvalue weighted by atomic mass is 19.1. The average molecular weight is 359 g/mol. The average Bonchev–Trinajstić information content (AvgIpc) is 3.15. The summed E-state index contributed by atoms with van der Waals surface area (Å²) in [4.78, 5) is 23.3. The Labute approximate surface area is 151 Å². The number of halogens is 1. The lowest BCUT2D eigenvalue weighted by Gasteiger charge is -2.10. The van der Waals surface area contributed by atoms with E-state index >= 15 is 0 Å². The van der Waals surface area contributed by atoms with Crippen LogP contribution < -0.4 is 5.32 Å². The van der Waals surface area contributed by atoms with Crippen LogP contribution in [0.15, 0.2) is 18.2 Å². The number of benzene rings is 1. The van der Waals surface area contributed by atoms with Crippen LogP contribution in [0.5, 0.6) is 0 Å². The Bertz CT molecular complexity index is 840. The first-order valence-corrected chi connectivity index (χ1v) is 8.74. The van der Waals surface area contributed by atoms with E-state index in [9.17, 15) is 14.0 Å². The van der Waals surface area contributed by atoms with Crippen LogP contribution in [0.3, 0.4) is 0 Å². The summed E-state index contributed by atoms with van der Waals surface area (Å²) in [7, 11) is 0. The summed E-state index contributed by atoms with van der Waals surface area (Å²) < 4.78 is 15.9. The molecule has 1 atom stereocenters. The summed E-state index contributed by atoms with van der Waals surface area (Å²) in [5.41, 5.74) is 3.17. The monoisotopic (exact) mass is 359 g/mol. The maximum Gasteiger partial charge on any atom is 0.303 e. The number of carbonyl (C=O) groups excluding carboxylic acids is 1. The number of rotatable bonds is 6. The molecule has 2 aromatic rings. The molecule has 1 unspecified atom stereocenters. The summed E-state index contributed by atoms with van der Waals surface area (Å²) in [6.07, 6.45) is 2.37. The fourth-order valence-electron chi connectivity index (χ4n) is 3.42. The van der Waals surface area contributed by atoms with E-state index < -0.39 is 5.97 Å². The van der Waals surface area contributed by atoms with Gasteiger partial charge in [0.1, 0.15) is 11.5 Å². The lowest BCUT2D eigenvalue weighted by atomic mass is 10.1. The molecule has 3 rings (SSSR count). The van der Waals surface area contributed by atoms with E-state index in [1.165, 1.54) is 6.07 Å². The number of para-hydroxylation sites is 1. The predicted octanol–water partition coefficient (Wildman–Crippen LogP) is 2.65. The van der Waals surface area contributed by atoms with E-state index in [1.807, 2.05) is 13.0 Å². The molecule has 1 aromatic carbocycles. The molecule has 0 radical (unpaired) electrons. The molecule has 0 saturated heterocycles. The molecule has 0 bridgehead atoms. The number of aryl methyl sites for hydroxylation is 1. The minimum atomic E-state index is -0.896. The lowest BCUT2D eigenvalue weighted by Crippen LogP contribution is -2.30. The van der Waals surface area contributed by atoms with E-state index in [-0.39, 0.29) is 30.6 Å². The summed E-state index contributed by atoms with van der Waals surface area (Å²) in [5, 5.41) is 16.0. The third-order valence-electron chi connectivity index (χ3n) is 4.68. The summed E-state index contributed by atoms with van der Waals surface area (Å²) in [6.45, 7) is 3.83. The molecule has 7 heteroatoms. The Morgan fingerprint density at radius 3 is 2.85 bits per heavy atom. The van der Waals surface area contributed by atoms with Crippen LogP contribution in [0.2, 0.25) is 0 Å². The summed E-state index contributed by atoms with van der Waals surface area (Å²) >= 11 is 0. The fraction of sp³-hybridized carbons (Fsp3) is 0.421. The number of carboxylic acid groups (broad SMARTS) is 1. The van der Waals surface area contributed by atoms with Gasteiger partial charge in [-0.1, -0.05) is 19.1 Å². The van der Waals surface area contributed by atoms with Crippen molar-refractivity contribution in [3.8, 4) is 5.69 Å². The second kappa shape index (κ2) is 7.27. The van der Waals surface area contributed by atoms with Gasteiger partial charge in [-0.2, -0.15) is 5.10 Å². The standard InChI is InChI=1S/C19H22FN3O3/c1-11(9-16(24)25)10-21-19(26)17-13-6-4-8-15(13)23(22-17)18-12(2)5-3-7-14(18)20/h3,5,7,11H,4,6,8-10H2,1-2H3,(H,21,26)(H,24,25). The highest BCUT2D eigenvalue weighted by molar-refractivity contribution is 5.94. The zero-order valence-corrected chi connectivity index (χ0v) is 14.9. The first kappa shape index (κ1) is 18.1. The van der Waals surface area contributed by atoms with Crippen molar-refractivity contribution in [2.45, 2.75) is 39.5 Å². The van der Waals surface area contributed by atoms with E-state index in [1.54, 1.807) is 17.7 Å². The molecule has 138 valence electrons. The lowest BCUT2D eigenvalue weighted by molar-refractivity contribution is -0.137. The fourth-order valence-corrected chi connectivity index (χ4v) is 3.42. The van der Waals surface area contributed by atoms with Gasteiger partial charge in [-0.25, -0.2) is 9.07 Å². The highest BCUT2D eigenvalue weighted by Gasteiger charge is 2.28. The van der Waals surface area contributed by atoms with Gasteiger partial charge in [0.25, 0.3) is 5.91 Å². The predicted molar refractivity (Wildman–Crippen MR) is 94.0 cm³/mol. The van der Waals surface area contributed by atoms with Gasteiger partial charge >= 0.3 is 5.97 Å². The molecule has 1 aromatic heterocycles. The molecule has 2 N–H and O–H groups in total. The number of carboxylic acids is 1. The van der Waals surface area contributed by atoms with Gasteiger partial charge in [-0.05, 0) is 43.7 Å². The molecular weight excluding hydrogens is 337 g/mol. The number of aliphatic carboxylic acids is 1. The van der Waals surface area contributed by atoms with Crippen LogP contribution in [0.25, 0.3) is 5.69 Å². The molecular formula is C19H22FN3O3. The van der Waals surface area contributed by atoms with Gasteiger partial charge in [0, 0.05) is 24.2 Å². The number of nitrogens with one attached hydrogen (secondary N) is 1. The number of aromatic nitrogens is 2. The van der Waals surface area contributed by atoms with Crippen molar-refractivity contribution >= 4 is 11.9 Å². The number of hydrogen-bond donors (Lipinski definition) is 2. The van der Waals surface area contributed by atoms with Gasteiger partial charge in [0.05, 0.1) is 0 Å². The number of hydrogen-bond acceptors (Lipinski definition) is 3. The largest absolute Gasteiger partial charge is 0.481 e. The normalized spacial score (nSPS) is 14.1. The number of nitrogens with zero attached hydrogens (tertiary/aromatic N) is 2. The smallest absolute Gasteiger partial charge is 0.303 e. The molecule has 0 aliphatic heterocycles. The maximum absolute atomic E-state index is 14.4. The zero-order valence-electron chi connectivity index (χ0n) is 14.9. The third kappa shape index (κ3) is 3.47. The summed E-state index contributed by atoms with van der Waals surface area (Å²) in [6, 6.07) is 4.85. The second-order valence-corrected chi connectivity index (χ2v) is 6.86. The van der Waals surface area contributed by atoms with E-state index in [0.717, 1.165) is 36.1 Å². The quantitative estimate of drug-likeness (QED) is 0.830. The van der Waals surface area contributed by atoms with Crippen molar-refractivity contribution in [2.75, 3.05) is 6.54 Å². The minimum Gasteiger partial charge on any atom is -0.481 e. The van der Waals surface area contributed by atoms with Crippen LogP contribution in [0.1, 0.15) is 47.1 Å². The van der Waals surface area contributed by atoms with Gasteiger partial charge in [-0.3, -0.25) is 9.59 Å². The first-order chi connectivity index (χ1) is 12.4. The Morgan fingerprint density at radius 2 is 2.15 bits per heavy atom. The van der Waals surface area contributed by atoms with Crippen LogP contribution in [0, 0.1) is 18.7 Å². The van der Waals surface area contributed by atoms with Gasteiger partial charge in [-0.15, -0.1) is 0 Å². The SMILES string of the molecule is Cc1cccc(F)c1-n1nc(C(=O)NCC(C)CC(=O)O)c2c1CCC2. The number of fused-ring (bicyclic) bond motifs is 1. The van der Waals surface area contributed by atoms with E-state index in [4.69, 9.17) is 5.11 Å². The maximum atomic E-state index is 14.4. The molecule has 1 aliphatic rings. The van der Waals surface area contributed by atoms with E-state index in [0.29, 0.717) is 11.4 Å². The Hall–Kier alpha value is -2.70. The van der Waals surface area contributed by atoms with Crippen molar-refractivity contribution < 1.29 is 19.1 Å².